The van der Waals surface area contributed by atoms with Crippen molar-refractivity contribution in [3.8, 4) is 0 Å². The molecule has 3 rings (SSSR count). The molecule has 0 bridgehead atoms. The van der Waals surface area contributed by atoms with E-state index in [1.807, 2.05) is 37.3 Å². The third-order valence-corrected chi connectivity index (χ3v) is 5.81. The van der Waals surface area contributed by atoms with E-state index in [1.54, 1.807) is 0 Å². The molecule has 2 aromatic rings. The summed E-state index contributed by atoms with van der Waals surface area (Å²) in [5.74, 6) is 0.0663. The molecule has 0 heterocycles. The van der Waals surface area contributed by atoms with Gasteiger partial charge in [0.2, 0.25) is 5.91 Å². The highest BCUT2D eigenvalue weighted by Crippen LogP contribution is 2.32. The highest BCUT2D eigenvalue weighted by atomic mass is 35.5. The van der Waals surface area contributed by atoms with Crippen LogP contribution in [0.5, 0.6) is 0 Å². The fraction of sp³-hybridized carbons (Fsp3) is 0.316. The van der Waals surface area contributed by atoms with E-state index >= 15 is 0 Å². The Morgan fingerprint density at radius 2 is 1.96 bits per heavy atom. The molecule has 23 heavy (non-hydrogen) atoms. The van der Waals surface area contributed by atoms with Gasteiger partial charge in [-0.15, -0.1) is 11.8 Å². The first-order valence-electron chi connectivity index (χ1n) is 7.94. The molecule has 0 spiro atoms. The van der Waals surface area contributed by atoms with Gasteiger partial charge in [-0.05, 0) is 49.4 Å². The summed E-state index contributed by atoms with van der Waals surface area (Å²) in [6.45, 7) is 1.93. The molecular formula is C19H20ClNOS. The smallest absolute Gasteiger partial charge is 0.233 e. The number of rotatable bonds is 4. The van der Waals surface area contributed by atoms with Gasteiger partial charge in [-0.1, -0.05) is 48.0 Å². The lowest BCUT2D eigenvalue weighted by molar-refractivity contribution is -0.121. The summed E-state index contributed by atoms with van der Waals surface area (Å²) in [6.07, 6.45) is 3.23. The fourth-order valence-electron chi connectivity index (χ4n) is 2.98. The van der Waals surface area contributed by atoms with Crippen molar-refractivity contribution in [1.82, 2.24) is 5.32 Å². The Morgan fingerprint density at radius 1 is 1.22 bits per heavy atom. The summed E-state index contributed by atoms with van der Waals surface area (Å²) >= 11 is 7.68. The van der Waals surface area contributed by atoms with E-state index in [9.17, 15) is 4.79 Å². The minimum Gasteiger partial charge on any atom is -0.348 e. The van der Waals surface area contributed by atoms with Crippen LogP contribution in [0.1, 0.15) is 36.9 Å². The Balaban J connectivity index is 1.67. The van der Waals surface area contributed by atoms with E-state index < -0.39 is 0 Å². The van der Waals surface area contributed by atoms with Crippen molar-refractivity contribution < 1.29 is 4.79 Å². The molecule has 0 radical (unpaired) electrons. The highest BCUT2D eigenvalue weighted by Gasteiger charge is 2.24. The van der Waals surface area contributed by atoms with Crippen LogP contribution in [0.2, 0.25) is 5.02 Å². The predicted octanol–water partition coefficient (Wildman–Crippen LogP) is 5.01. The van der Waals surface area contributed by atoms with E-state index in [0.717, 1.165) is 24.2 Å². The Bertz CT molecular complexity index is 703. The van der Waals surface area contributed by atoms with Gasteiger partial charge < -0.3 is 5.32 Å². The first-order valence-corrected chi connectivity index (χ1v) is 9.20. The Morgan fingerprint density at radius 3 is 2.78 bits per heavy atom. The molecule has 1 amide bonds. The quantitative estimate of drug-likeness (QED) is 0.789. The molecule has 1 aliphatic rings. The van der Waals surface area contributed by atoms with E-state index in [-0.39, 0.29) is 17.2 Å². The van der Waals surface area contributed by atoms with E-state index in [2.05, 4.69) is 23.5 Å². The van der Waals surface area contributed by atoms with Crippen LogP contribution in [0.3, 0.4) is 0 Å². The molecule has 4 heteroatoms. The molecule has 2 aromatic carbocycles. The van der Waals surface area contributed by atoms with Crippen molar-refractivity contribution in [2.24, 2.45) is 0 Å². The van der Waals surface area contributed by atoms with Crippen LogP contribution in [0.4, 0.5) is 0 Å². The first kappa shape index (κ1) is 16.4. The molecule has 120 valence electrons. The van der Waals surface area contributed by atoms with Crippen LogP contribution in [0, 0.1) is 0 Å². The number of hydrogen-bond acceptors (Lipinski definition) is 2. The second kappa shape index (κ2) is 7.41. The van der Waals surface area contributed by atoms with Gasteiger partial charge in [0.15, 0.2) is 0 Å². The SMILES string of the molecule is C[C@H](Sc1ccccc1Cl)C(=O)N[C@H]1CCCc2ccccc21. The van der Waals surface area contributed by atoms with Crippen LogP contribution in [-0.2, 0) is 11.2 Å². The van der Waals surface area contributed by atoms with Crippen molar-refractivity contribution >= 4 is 29.3 Å². The predicted molar refractivity (Wildman–Crippen MR) is 97.0 cm³/mol. The zero-order valence-corrected chi connectivity index (χ0v) is 14.7. The molecule has 0 saturated heterocycles. The van der Waals surface area contributed by atoms with Crippen molar-refractivity contribution in [1.29, 1.82) is 0 Å². The van der Waals surface area contributed by atoms with E-state index in [0.29, 0.717) is 5.02 Å². The van der Waals surface area contributed by atoms with Gasteiger partial charge in [-0.2, -0.15) is 0 Å². The molecule has 0 saturated carbocycles. The molecule has 1 aliphatic carbocycles. The maximum Gasteiger partial charge on any atom is 0.233 e. The molecule has 0 aliphatic heterocycles. The second-order valence-corrected chi connectivity index (χ2v) is 7.63. The fourth-order valence-corrected chi connectivity index (χ4v) is 4.14. The van der Waals surface area contributed by atoms with Gasteiger partial charge >= 0.3 is 0 Å². The summed E-state index contributed by atoms with van der Waals surface area (Å²) in [5.41, 5.74) is 2.62. The maximum absolute atomic E-state index is 12.6. The lowest BCUT2D eigenvalue weighted by atomic mass is 9.88. The number of nitrogens with one attached hydrogen (secondary N) is 1. The van der Waals surface area contributed by atoms with Crippen molar-refractivity contribution in [2.45, 2.75) is 42.4 Å². The van der Waals surface area contributed by atoms with Crippen LogP contribution in [0.15, 0.2) is 53.4 Å². The summed E-state index contributed by atoms with van der Waals surface area (Å²) in [4.78, 5) is 13.5. The van der Waals surface area contributed by atoms with Crippen molar-refractivity contribution in [3.63, 3.8) is 0 Å². The maximum atomic E-state index is 12.6. The lowest BCUT2D eigenvalue weighted by Gasteiger charge is -2.27. The van der Waals surface area contributed by atoms with Gasteiger partial charge in [-0.3, -0.25) is 4.79 Å². The van der Waals surface area contributed by atoms with Gasteiger partial charge in [-0.25, -0.2) is 0 Å². The standard InChI is InChI=1S/C19H20ClNOS/c1-13(23-18-12-5-4-10-16(18)20)19(22)21-17-11-6-8-14-7-2-3-9-15(14)17/h2-5,7,9-10,12-13,17H,6,8,11H2,1H3,(H,21,22)/t13-,17-/m0/s1. The van der Waals surface area contributed by atoms with E-state index in [1.165, 1.54) is 22.9 Å². The average molecular weight is 346 g/mol. The summed E-state index contributed by atoms with van der Waals surface area (Å²) < 4.78 is 0. The largest absolute Gasteiger partial charge is 0.348 e. The second-order valence-electron chi connectivity index (χ2n) is 5.84. The summed E-state index contributed by atoms with van der Waals surface area (Å²) in [5, 5.41) is 3.73. The van der Waals surface area contributed by atoms with Crippen molar-refractivity contribution in [2.75, 3.05) is 0 Å². The number of hydrogen-bond donors (Lipinski definition) is 1. The zero-order chi connectivity index (χ0) is 16.2. The molecule has 0 fully saturated rings. The number of carbonyl (C=O) groups is 1. The van der Waals surface area contributed by atoms with Gasteiger partial charge in [0.1, 0.15) is 0 Å². The minimum atomic E-state index is -0.177. The zero-order valence-electron chi connectivity index (χ0n) is 13.1. The lowest BCUT2D eigenvalue weighted by Crippen LogP contribution is -2.35. The summed E-state index contributed by atoms with van der Waals surface area (Å²) in [6, 6.07) is 16.2. The number of aryl methyl sites for hydroxylation is 1. The number of amides is 1. The number of fused-ring (bicyclic) bond motifs is 1. The normalized spacial score (nSPS) is 18.1. The number of halogens is 1. The third-order valence-electron chi connectivity index (χ3n) is 4.20. The number of benzene rings is 2. The molecule has 0 aromatic heterocycles. The Labute approximate surface area is 146 Å². The number of carbonyl (C=O) groups excluding carboxylic acids is 1. The summed E-state index contributed by atoms with van der Waals surface area (Å²) in [7, 11) is 0. The molecule has 0 unspecified atom stereocenters. The molecule has 1 N–H and O–H groups in total. The third kappa shape index (κ3) is 3.91. The van der Waals surface area contributed by atoms with Crippen LogP contribution in [-0.4, -0.2) is 11.2 Å². The molecule has 2 nitrogen and oxygen atoms in total. The van der Waals surface area contributed by atoms with Gasteiger partial charge in [0, 0.05) is 4.90 Å². The van der Waals surface area contributed by atoms with Crippen LogP contribution in [0.25, 0.3) is 0 Å². The Kier molecular flexibility index (Phi) is 5.29. The van der Waals surface area contributed by atoms with Crippen LogP contribution < -0.4 is 5.32 Å². The average Bonchev–Trinajstić information content (AvgIpc) is 2.57. The van der Waals surface area contributed by atoms with Gasteiger partial charge in [0.05, 0.1) is 16.3 Å². The van der Waals surface area contributed by atoms with Crippen LogP contribution >= 0.6 is 23.4 Å². The number of thioether (sulfide) groups is 1. The molecule has 2 atom stereocenters. The topological polar surface area (TPSA) is 29.1 Å². The van der Waals surface area contributed by atoms with Gasteiger partial charge in [0.25, 0.3) is 0 Å². The van der Waals surface area contributed by atoms with Crippen molar-refractivity contribution in [3.05, 3.63) is 64.7 Å². The Hall–Kier alpha value is -1.45. The van der Waals surface area contributed by atoms with E-state index in [4.69, 9.17) is 11.6 Å². The minimum absolute atomic E-state index is 0.0663. The molecular weight excluding hydrogens is 326 g/mol. The highest BCUT2D eigenvalue weighted by molar-refractivity contribution is 8.00. The monoisotopic (exact) mass is 345 g/mol. The first-order chi connectivity index (χ1) is 11.1.